The SMILES string of the molecule is Cc1ccc(C(C)NC(C)c2ccccc2)cc1. The van der Waals surface area contributed by atoms with Crippen LogP contribution in [0.2, 0.25) is 0 Å². The summed E-state index contributed by atoms with van der Waals surface area (Å²) in [4.78, 5) is 0. The van der Waals surface area contributed by atoms with Gasteiger partial charge in [-0.1, -0.05) is 60.2 Å². The highest BCUT2D eigenvalue weighted by molar-refractivity contribution is 5.25. The van der Waals surface area contributed by atoms with Crippen LogP contribution in [0.25, 0.3) is 0 Å². The van der Waals surface area contributed by atoms with Gasteiger partial charge in [-0.3, -0.25) is 0 Å². The minimum atomic E-state index is 0.362. The summed E-state index contributed by atoms with van der Waals surface area (Å²) in [5.74, 6) is 0. The molecule has 0 saturated carbocycles. The molecular formula is C17H21N. The van der Waals surface area contributed by atoms with Gasteiger partial charge < -0.3 is 5.32 Å². The molecule has 0 fully saturated rings. The number of rotatable bonds is 4. The maximum atomic E-state index is 3.63. The third kappa shape index (κ3) is 3.21. The maximum absolute atomic E-state index is 3.63. The minimum absolute atomic E-state index is 0.362. The van der Waals surface area contributed by atoms with Crippen molar-refractivity contribution >= 4 is 0 Å². The van der Waals surface area contributed by atoms with Gasteiger partial charge in [0.1, 0.15) is 0 Å². The Balaban J connectivity index is 2.03. The third-order valence-electron chi connectivity index (χ3n) is 3.38. The molecule has 0 aromatic heterocycles. The summed E-state index contributed by atoms with van der Waals surface area (Å²) in [6, 6.07) is 20.0. The molecule has 0 bridgehead atoms. The van der Waals surface area contributed by atoms with Crippen molar-refractivity contribution in [2.24, 2.45) is 0 Å². The molecule has 0 radical (unpaired) electrons. The lowest BCUT2D eigenvalue weighted by Crippen LogP contribution is -2.22. The van der Waals surface area contributed by atoms with E-state index in [1.54, 1.807) is 0 Å². The minimum Gasteiger partial charge on any atom is -0.304 e. The molecule has 1 nitrogen and oxygen atoms in total. The van der Waals surface area contributed by atoms with Crippen LogP contribution >= 0.6 is 0 Å². The van der Waals surface area contributed by atoms with Crippen molar-refractivity contribution in [3.05, 3.63) is 71.3 Å². The quantitative estimate of drug-likeness (QED) is 0.833. The van der Waals surface area contributed by atoms with Crippen LogP contribution in [0.4, 0.5) is 0 Å². The van der Waals surface area contributed by atoms with Crippen LogP contribution in [0.1, 0.15) is 42.6 Å². The Morgan fingerprint density at radius 2 is 1.22 bits per heavy atom. The van der Waals surface area contributed by atoms with E-state index < -0.39 is 0 Å². The first-order valence-electron chi connectivity index (χ1n) is 6.54. The number of benzene rings is 2. The van der Waals surface area contributed by atoms with E-state index in [-0.39, 0.29) is 0 Å². The molecule has 2 aromatic carbocycles. The fourth-order valence-electron chi connectivity index (χ4n) is 2.16. The van der Waals surface area contributed by atoms with Crippen LogP contribution in [-0.2, 0) is 0 Å². The standard InChI is InChI=1S/C17H21N/c1-13-9-11-17(12-10-13)15(3)18-14(2)16-7-5-4-6-8-16/h4-12,14-15,18H,1-3H3. The molecule has 0 aliphatic rings. The average molecular weight is 239 g/mol. The van der Waals surface area contributed by atoms with Crippen molar-refractivity contribution in [2.45, 2.75) is 32.9 Å². The number of aryl methyl sites for hydroxylation is 1. The number of nitrogens with one attached hydrogen (secondary N) is 1. The molecule has 0 aliphatic carbocycles. The number of hydrogen-bond acceptors (Lipinski definition) is 1. The Bertz CT molecular complexity index is 473. The topological polar surface area (TPSA) is 12.0 Å². The Kier molecular flexibility index (Phi) is 4.16. The molecule has 0 saturated heterocycles. The van der Waals surface area contributed by atoms with Crippen LogP contribution in [0, 0.1) is 6.92 Å². The highest BCUT2D eigenvalue weighted by Gasteiger charge is 2.10. The average Bonchev–Trinajstić information content (AvgIpc) is 2.40. The van der Waals surface area contributed by atoms with Crippen molar-refractivity contribution in [3.63, 3.8) is 0 Å². The van der Waals surface area contributed by atoms with Crippen LogP contribution in [0.15, 0.2) is 54.6 Å². The van der Waals surface area contributed by atoms with E-state index in [9.17, 15) is 0 Å². The second-order valence-electron chi connectivity index (χ2n) is 4.93. The normalized spacial score (nSPS) is 14.2. The smallest absolute Gasteiger partial charge is 0.0297 e. The van der Waals surface area contributed by atoms with Crippen LogP contribution in [-0.4, -0.2) is 0 Å². The molecule has 2 atom stereocenters. The second-order valence-corrected chi connectivity index (χ2v) is 4.93. The summed E-state index contributed by atoms with van der Waals surface area (Å²) in [5, 5.41) is 3.63. The van der Waals surface area contributed by atoms with E-state index in [2.05, 4.69) is 80.7 Å². The first-order chi connectivity index (χ1) is 8.66. The zero-order valence-electron chi connectivity index (χ0n) is 11.4. The Morgan fingerprint density at radius 3 is 1.78 bits per heavy atom. The fraction of sp³-hybridized carbons (Fsp3) is 0.294. The summed E-state index contributed by atoms with van der Waals surface area (Å²) < 4.78 is 0. The molecular weight excluding hydrogens is 218 g/mol. The van der Waals surface area contributed by atoms with Gasteiger partial charge in [0.25, 0.3) is 0 Å². The third-order valence-corrected chi connectivity index (χ3v) is 3.38. The monoisotopic (exact) mass is 239 g/mol. The van der Waals surface area contributed by atoms with E-state index in [1.165, 1.54) is 16.7 Å². The van der Waals surface area contributed by atoms with Crippen molar-refractivity contribution < 1.29 is 0 Å². The Morgan fingerprint density at radius 1 is 0.722 bits per heavy atom. The van der Waals surface area contributed by atoms with Gasteiger partial charge in [0.15, 0.2) is 0 Å². The van der Waals surface area contributed by atoms with Crippen molar-refractivity contribution in [1.82, 2.24) is 5.32 Å². The van der Waals surface area contributed by atoms with Gasteiger partial charge in [0, 0.05) is 12.1 Å². The lowest BCUT2D eigenvalue weighted by molar-refractivity contribution is 0.494. The molecule has 0 aliphatic heterocycles. The molecule has 2 unspecified atom stereocenters. The molecule has 94 valence electrons. The van der Waals surface area contributed by atoms with Crippen LogP contribution < -0.4 is 5.32 Å². The molecule has 1 heteroatoms. The van der Waals surface area contributed by atoms with E-state index in [0.29, 0.717) is 12.1 Å². The zero-order valence-corrected chi connectivity index (χ0v) is 11.4. The lowest BCUT2D eigenvalue weighted by Gasteiger charge is -2.21. The summed E-state index contributed by atoms with van der Waals surface area (Å²) in [6.07, 6.45) is 0. The van der Waals surface area contributed by atoms with Crippen molar-refractivity contribution in [1.29, 1.82) is 0 Å². The van der Waals surface area contributed by atoms with Crippen LogP contribution in [0.5, 0.6) is 0 Å². The summed E-state index contributed by atoms with van der Waals surface area (Å²) >= 11 is 0. The molecule has 0 spiro atoms. The molecule has 0 heterocycles. The van der Waals surface area contributed by atoms with E-state index in [4.69, 9.17) is 0 Å². The Labute approximate surface area is 110 Å². The van der Waals surface area contributed by atoms with Gasteiger partial charge in [-0.25, -0.2) is 0 Å². The van der Waals surface area contributed by atoms with Gasteiger partial charge in [-0.2, -0.15) is 0 Å². The van der Waals surface area contributed by atoms with E-state index >= 15 is 0 Å². The summed E-state index contributed by atoms with van der Waals surface area (Å²) in [6.45, 7) is 6.54. The zero-order chi connectivity index (χ0) is 13.0. The lowest BCUT2D eigenvalue weighted by atomic mass is 10.0. The van der Waals surface area contributed by atoms with Gasteiger partial charge in [-0.05, 0) is 31.9 Å². The predicted octanol–water partition coefficient (Wildman–Crippen LogP) is 4.41. The highest BCUT2D eigenvalue weighted by atomic mass is 14.9. The predicted molar refractivity (Wildman–Crippen MR) is 77.6 cm³/mol. The van der Waals surface area contributed by atoms with Crippen molar-refractivity contribution in [2.75, 3.05) is 0 Å². The van der Waals surface area contributed by atoms with Gasteiger partial charge in [-0.15, -0.1) is 0 Å². The largest absolute Gasteiger partial charge is 0.304 e. The molecule has 2 aromatic rings. The highest BCUT2D eigenvalue weighted by Crippen LogP contribution is 2.19. The first kappa shape index (κ1) is 12.8. The Hall–Kier alpha value is -1.60. The molecule has 18 heavy (non-hydrogen) atoms. The molecule has 0 amide bonds. The molecule has 2 rings (SSSR count). The summed E-state index contributed by atoms with van der Waals surface area (Å²) in [7, 11) is 0. The van der Waals surface area contributed by atoms with Gasteiger partial charge in [0.05, 0.1) is 0 Å². The van der Waals surface area contributed by atoms with E-state index in [1.807, 2.05) is 0 Å². The number of hydrogen-bond donors (Lipinski definition) is 1. The summed E-state index contributed by atoms with van der Waals surface area (Å²) in [5.41, 5.74) is 3.97. The van der Waals surface area contributed by atoms with E-state index in [0.717, 1.165) is 0 Å². The van der Waals surface area contributed by atoms with Crippen LogP contribution in [0.3, 0.4) is 0 Å². The van der Waals surface area contributed by atoms with Gasteiger partial charge in [0.2, 0.25) is 0 Å². The molecule has 1 N–H and O–H groups in total. The second kappa shape index (κ2) is 5.83. The first-order valence-corrected chi connectivity index (χ1v) is 6.54. The van der Waals surface area contributed by atoms with Gasteiger partial charge >= 0.3 is 0 Å². The maximum Gasteiger partial charge on any atom is 0.0297 e. The van der Waals surface area contributed by atoms with Crippen molar-refractivity contribution in [3.8, 4) is 0 Å². The fourth-order valence-corrected chi connectivity index (χ4v) is 2.16.